The fourth-order valence-electron chi connectivity index (χ4n) is 3.61. The number of carbonyl (C=O) groups excluding carboxylic acids is 1. The highest BCUT2D eigenvalue weighted by molar-refractivity contribution is 7.89. The smallest absolute Gasteiger partial charge is 0.243 e. The summed E-state index contributed by atoms with van der Waals surface area (Å²) in [6.45, 7) is 1.38. The molecule has 2 aliphatic heterocycles. The minimum atomic E-state index is -3.74. The third-order valence-electron chi connectivity index (χ3n) is 5.20. The van der Waals surface area contributed by atoms with Crippen LogP contribution in [0, 0.1) is 11.7 Å². The molecule has 0 spiro atoms. The molecule has 1 aromatic rings. The second kappa shape index (κ2) is 8.05. The van der Waals surface area contributed by atoms with E-state index in [1.54, 1.807) is 4.90 Å². The molecule has 1 atom stereocenters. The molecule has 0 bridgehead atoms. The van der Waals surface area contributed by atoms with Gasteiger partial charge in [-0.25, -0.2) is 25.5 Å². The first-order valence-corrected chi connectivity index (χ1v) is 12.4. The Morgan fingerprint density at radius 1 is 0.964 bits per heavy atom. The van der Waals surface area contributed by atoms with Gasteiger partial charge in [-0.15, -0.1) is 0 Å². The van der Waals surface area contributed by atoms with Crippen LogP contribution < -0.4 is 0 Å². The Kier molecular flexibility index (Phi) is 6.08. The zero-order valence-electron chi connectivity index (χ0n) is 15.6. The normalized spacial score (nSPS) is 22.9. The molecule has 1 aromatic carbocycles. The highest BCUT2D eigenvalue weighted by Gasteiger charge is 2.35. The summed E-state index contributed by atoms with van der Waals surface area (Å²) in [6.07, 6.45) is 2.39. The zero-order valence-corrected chi connectivity index (χ0v) is 17.3. The number of halogens is 1. The van der Waals surface area contributed by atoms with E-state index in [-0.39, 0.29) is 43.5 Å². The summed E-state index contributed by atoms with van der Waals surface area (Å²) in [4.78, 5) is 14.4. The third kappa shape index (κ3) is 4.53. The predicted molar refractivity (Wildman–Crippen MR) is 101 cm³/mol. The molecule has 156 valence electrons. The average Bonchev–Trinajstić information content (AvgIpc) is 2.67. The Morgan fingerprint density at radius 3 is 2.14 bits per heavy atom. The van der Waals surface area contributed by atoms with Crippen molar-refractivity contribution in [2.24, 2.45) is 5.92 Å². The number of carbonyl (C=O) groups is 1. The van der Waals surface area contributed by atoms with Gasteiger partial charge in [0.25, 0.3) is 0 Å². The van der Waals surface area contributed by atoms with Crippen LogP contribution in [0.5, 0.6) is 0 Å². The van der Waals surface area contributed by atoms with Crippen LogP contribution in [0.25, 0.3) is 0 Å². The van der Waals surface area contributed by atoms with Gasteiger partial charge in [-0.05, 0) is 37.1 Å². The average molecular weight is 434 g/mol. The van der Waals surface area contributed by atoms with Crippen molar-refractivity contribution in [3.05, 3.63) is 30.1 Å². The molecule has 8 nitrogen and oxygen atoms in total. The van der Waals surface area contributed by atoms with E-state index in [0.717, 1.165) is 18.4 Å². The quantitative estimate of drug-likeness (QED) is 0.682. The third-order valence-corrected chi connectivity index (χ3v) is 8.39. The summed E-state index contributed by atoms with van der Waals surface area (Å²) >= 11 is 0. The van der Waals surface area contributed by atoms with Crippen molar-refractivity contribution in [3.63, 3.8) is 0 Å². The lowest BCUT2D eigenvalue weighted by Gasteiger charge is -2.38. The number of hydrogen-bond donors (Lipinski definition) is 0. The van der Waals surface area contributed by atoms with Crippen molar-refractivity contribution >= 4 is 26.0 Å². The van der Waals surface area contributed by atoms with Crippen LogP contribution in [-0.4, -0.2) is 81.8 Å². The molecule has 1 unspecified atom stereocenters. The summed E-state index contributed by atoms with van der Waals surface area (Å²) in [7, 11) is -7.08. The Balaban J connectivity index is 1.62. The fourth-order valence-corrected chi connectivity index (χ4v) is 5.94. The number of benzene rings is 1. The zero-order chi connectivity index (χ0) is 20.5. The maximum atomic E-state index is 13.0. The molecule has 1 amide bonds. The first-order chi connectivity index (χ1) is 13.1. The molecule has 0 N–H and O–H groups in total. The molecule has 0 aromatic heterocycles. The van der Waals surface area contributed by atoms with E-state index in [9.17, 15) is 26.0 Å². The van der Waals surface area contributed by atoms with Crippen molar-refractivity contribution in [1.29, 1.82) is 0 Å². The monoisotopic (exact) mass is 433 g/mol. The molecule has 2 saturated heterocycles. The molecular weight excluding hydrogens is 409 g/mol. The van der Waals surface area contributed by atoms with Gasteiger partial charge >= 0.3 is 0 Å². The van der Waals surface area contributed by atoms with Gasteiger partial charge in [0, 0.05) is 39.3 Å². The van der Waals surface area contributed by atoms with E-state index in [0.29, 0.717) is 19.4 Å². The minimum Gasteiger partial charge on any atom is -0.340 e. The molecule has 2 aliphatic rings. The van der Waals surface area contributed by atoms with Gasteiger partial charge in [0.2, 0.25) is 26.0 Å². The SMILES string of the molecule is CS(=O)(=O)N1CCCC(C(=O)N2CCN(S(=O)(=O)c3ccc(F)cc3)CC2)C1. The molecule has 2 heterocycles. The minimum absolute atomic E-state index is 0.0183. The highest BCUT2D eigenvalue weighted by atomic mass is 32.2. The van der Waals surface area contributed by atoms with Crippen molar-refractivity contribution < 1.29 is 26.0 Å². The van der Waals surface area contributed by atoms with Gasteiger partial charge in [-0.3, -0.25) is 4.79 Å². The molecule has 3 rings (SSSR count). The fraction of sp³-hybridized carbons (Fsp3) is 0.588. The first kappa shape index (κ1) is 21.2. The number of rotatable bonds is 4. The molecule has 0 saturated carbocycles. The lowest BCUT2D eigenvalue weighted by molar-refractivity contribution is -0.137. The summed E-state index contributed by atoms with van der Waals surface area (Å²) in [5.41, 5.74) is 0. The van der Waals surface area contributed by atoms with Crippen LogP contribution in [0.15, 0.2) is 29.2 Å². The largest absolute Gasteiger partial charge is 0.340 e. The number of sulfonamides is 2. The van der Waals surface area contributed by atoms with E-state index >= 15 is 0 Å². The summed E-state index contributed by atoms with van der Waals surface area (Å²) in [5, 5.41) is 0. The number of nitrogens with zero attached hydrogens (tertiary/aromatic N) is 3. The van der Waals surface area contributed by atoms with E-state index in [1.165, 1.54) is 20.7 Å². The second-order valence-corrected chi connectivity index (χ2v) is 11.1. The Bertz CT molecular complexity index is 926. The summed E-state index contributed by atoms with van der Waals surface area (Å²) in [6, 6.07) is 4.65. The van der Waals surface area contributed by atoms with Crippen LogP contribution >= 0.6 is 0 Å². The number of hydrogen-bond acceptors (Lipinski definition) is 5. The van der Waals surface area contributed by atoms with Crippen molar-refractivity contribution in [1.82, 2.24) is 13.5 Å². The molecule has 28 heavy (non-hydrogen) atoms. The van der Waals surface area contributed by atoms with Crippen molar-refractivity contribution in [3.8, 4) is 0 Å². The van der Waals surface area contributed by atoms with Gasteiger partial charge < -0.3 is 4.90 Å². The summed E-state index contributed by atoms with van der Waals surface area (Å²) in [5.74, 6) is -1.04. The predicted octanol–water partition coefficient (Wildman–Crippen LogP) is 0.330. The van der Waals surface area contributed by atoms with Crippen LogP contribution in [0.2, 0.25) is 0 Å². The van der Waals surface area contributed by atoms with E-state index < -0.39 is 31.8 Å². The number of piperazine rings is 1. The maximum Gasteiger partial charge on any atom is 0.243 e. The van der Waals surface area contributed by atoms with Crippen molar-refractivity contribution in [2.45, 2.75) is 17.7 Å². The van der Waals surface area contributed by atoms with Crippen LogP contribution in [0.3, 0.4) is 0 Å². The first-order valence-electron chi connectivity index (χ1n) is 9.08. The highest BCUT2D eigenvalue weighted by Crippen LogP contribution is 2.23. The van der Waals surface area contributed by atoms with E-state index in [4.69, 9.17) is 0 Å². The Labute approximate surface area is 165 Å². The van der Waals surface area contributed by atoms with Gasteiger partial charge in [0.05, 0.1) is 17.1 Å². The maximum absolute atomic E-state index is 13.0. The van der Waals surface area contributed by atoms with Crippen LogP contribution in [0.1, 0.15) is 12.8 Å². The standard InChI is InChI=1S/C17H24FN3O5S2/c1-27(23,24)21-8-2-3-14(13-21)17(22)19-9-11-20(12-10-19)28(25,26)16-6-4-15(18)5-7-16/h4-7,14H,2-3,8-13H2,1H3. The molecule has 0 aliphatic carbocycles. The molecule has 2 fully saturated rings. The van der Waals surface area contributed by atoms with Crippen LogP contribution in [-0.2, 0) is 24.8 Å². The number of amides is 1. The van der Waals surface area contributed by atoms with Crippen LogP contribution in [0.4, 0.5) is 4.39 Å². The Morgan fingerprint density at radius 2 is 1.57 bits per heavy atom. The van der Waals surface area contributed by atoms with Gasteiger partial charge in [0.1, 0.15) is 5.82 Å². The molecule has 0 radical (unpaired) electrons. The van der Waals surface area contributed by atoms with Gasteiger partial charge in [-0.1, -0.05) is 0 Å². The van der Waals surface area contributed by atoms with Crippen molar-refractivity contribution in [2.75, 3.05) is 45.5 Å². The van der Waals surface area contributed by atoms with E-state index in [2.05, 4.69) is 0 Å². The topological polar surface area (TPSA) is 95.1 Å². The molecule has 11 heteroatoms. The number of piperidine rings is 1. The second-order valence-electron chi connectivity index (χ2n) is 7.14. The van der Waals surface area contributed by atoms with Gasteiger partial charge in [0.15, 0.2) is 0 Å². The molecular formula is C17H24FN3O5S2. The Hall–Kier alpha value is -1.56. The lowest BCUT2D eigenvalue weighted by Crippen LogP contribution is -2.53. The summed E-state index contributed by atoms with van der Waals surface area (Å²) < 4.78 is 64.5. The van der Waals surface area contributed by atoms with E-state index in [1.807, 2.05) is 0 Å². The lowest BCUT2D eigenvalue weighted by atomic mass is 9.98. The van der Waals surface area contributed by atoms with Gasteiger partial charge in [-0.2, -0.15) is 4.31 Å².